The number of hydrogen-bond donors (Lipinski definition) is 0. The Morgan fingerprint density at radius 3 is 1.75 bits per heavy atom. The third kappa shape index (κ3) is 2.82. The van der Waals surface area contributed by atoms with Gasteiger partial charge in [-0.1, -0.05) is 0 Å². The second-order valence-electron chi connectivity index (χ2n) is 1.49. The van der Waals surface area contributed by atoms with E-state index in [0.29, 0.717) is 0 Å². The first kappa shape index (κ1) is 10.1. The number of nitrogens with zero attached hydrogens (tertiary/aromatic N) is 4. The summed E-state index contributed by atoms with van der Waals surface area (Å²) < 4.78 is 0. The lowest BCUT2D eigenvalue weighted by Gasteiger charge is -1.96. The Morgan fingerprint density at radius 1 is 1.17 bits per heavy atom. The van der Waals surface area contributed by atoms with Crippen molar-refractivity contribution in [2.75, 3.05) is 14.2 Å². The molecule has 0 atom stereocenters. The molecule has 0 radical (unpaired) electrons. The van der Waals surface area contributed by atoms with Crippen LogP contribution in [-0.4, -0.2) is 23.9 Å². The van der Waals surface area contributed by atoms with E-state index in [-0.39, 0.29) is 9.72 Å². The van der Waals surface area contributed by atoms with E-state index in [1.54, 1.807) is 0 Å². The Morgan fingerprint density at radius 2 is 1.50 bits per heavy atom. The maximum absolute atomic E-state index is 10.6. The minimum atomic E-state index is -0.571. The van der Waals surface area contributed by atoms with Crippen LogP contribution in [0.1, 0.15) is 0 Å². The molecule has 8 nitrogen and oxygen atoms in total. The molecule has 0 aromatic carbocycles. The third-order valence-corrected chi connectivity index (χ3v) is 0.753. The fraction of sp³-hybridized carbons (Fsp3) is 0.500. The van der Waals surface area contributed by atoms with E-state index >= 15 is 0 Å². The van der Waals surface area contributed by atoms with Gasteiger partial charge in [0.25, 0.3) is 0 Å². The molecular formula is C4H8N4O4. The predicted molar refractivity (Wildman–Crippen MR) is 35.3 cm³/mol. The maximum Gasteiger partial charge on any atom is 0.516 e. The van der Waals surface area contributed by atoms with Crippen LogP contribution >= 0.6 is 0 Å². The van der Waals surface area contributed by atoms with E-state index in [1.165, 1.54) is 0 Å². The fourth-order valence-electron chi connectivity index (χ4n) is 0.316. The normalized spacial score (nSPS) is 12.5. The Bertz CT molecular complexity index is 201. The van der Waals surface area contributed by atoms with Crippen LogP contribution in [0.3, 0.4) is 0 Å². The van der Waals surface area contributed by atoms with Crippen molar-refractivity contribution in [1.29, 1.82) is 0 Å². The lowest BCUT2D eigenvalue weighted by Crippen LogP contribution is -2.10. The molecule has 0 aromatic rings. The summed E-state index contributed by atoms with van der Waals surface area (Å²) in [5, 5.41) is 27.0. The molecule has 0 saturated carbocycles. The van der Waals surface area contributed by atoms with Crippen molar-refractivity contribution in [3.63, 3.8) is 0 Å². The van der Waals surface area contributed by atoms with Crippen LogP contribution in [0.25, 0.3) is 0 Å². The van der Waals surface area contributed by atoms with E-state index in [9.17, 15) is 10.4 Å². The van der Waals surface area contributed by atoms with Crippen LogP contribution in [0.5, 0.6) is 0 Å². The molecule has 0 fully saturated rings. The van der Waals surface area contributed by atoms with Gasteiger partial charge in [0.1, 0.15) is 14.2 Å². The fourth-order valence-corrected chi connectivity index (χ4v) is 0.316. The summed E-state index contributed by atoms with van der Waals surface area (Å²) in [6, 6.07) is 0. The minimum absolute atomic E-state index is 0.129. The van der Waals surface area contributed by atoms with Gasteiger partial charge >= 0.3 is 5.82 Å². The molecule has 0 aliphatic heterocycles. The summed E-state index contributed by atoms with van der Waals surface area (Å²) in [7, 11) is 2.31. The van der Waals surface area contributed by atoms with Gasteiger partial charge in [-0.3, -0.25) is 0 Å². The van der Waals surface area contributed by atoms with Gasteiger partial charge in [-0.05, 0) is 0 Å². The summed E-state index contributed by atoms with van der Waals surface area (Å²) in [6.45, 7) is 3.07. The van der Waals surface area contributed by atoms with Crippen molar-refractivity contribution in [1.82, 2.24) is 0 Å². The summed E-state index contributed by atoms with van der Waals surface area (Å²) in [5.74, 6) is -0.571. The third-order valence-electron chi connectivity index (χ3n) is 0.753. The maximum atomic E-state index is 10.6. The molecule has 0 spiro atoms. The Hall–Kier alpha value is -1.86. The molecular weight excluding hydrogens is 168 g/mol. The summed E-state index contributed by atoms with van der Waals surface area (Å²) in [5.41, 5.74) is 0. The topological polar surface area (TPSA) is 95.3 Å². The first-order valence-corrected chi connectivity index (χ1v) is 2.75. The molecule has 0 aliphatic rings. The molecule has 0 unspecified atom stereocenters. The molecule has 0 bridgehead atoms. The average molecular weight is 176 g/mol. The molecule has 8 heteroatoms. The second kappa shape index (κ2) is 4.88. The number of rotatable bonds is 4. The lowest BCUT2D eigenvalue weighted by atomic mass is 10.9. The molecule has 0 heterocycles. The number of hydrogen-bond acceptors (Lipinski definition) is 6. The van der Waals surface area contributed by atoms with Crippen LogP contribution in [0.2, 0.25) is 0 Å². The Labute approximate surface area is 68.1 Å². The lowest BCUT2D eigenvalue weighted by molar-refractivity contribution is -0.682. The van der Waals surface area contributed by atoms with Gasteiger partial charge in [-0.15, -0.1) is 0 Å². The standard InChI is InChI=1S/C4H8N4O4/c1-4(7(9)5-11-2)8(10)6-12-3/h1H2,2-3H3/b7-5-,8-6-. The van der Waals surface area contributed by atoms with Gasteiger partial charge in [0.05, 0.1) is 16.3 Å². The molecule has 0 N–H and O–H groups in total. The quantitative estimate of drug-likeness (QED) is 0.354. The first-order chi connectivity index (χ1) is 5.63. The molecule has 12 heavy (non-hydrogen) atoms. The molecule has 68 valence electrons. The minimum Gasteiger partial charge on any atom is -0.587 e. The monoisotopic (exact) mass is 176 g/mol. The SMILES string of the molecule is C=C(/[N+]([O-])=N/OC)/[N+]([O-])=N/OC. The van der Waals surface area contributed by atoms with Crippen molar-refractivity contribution >= 4 is 0 Å². The zero-order chi connectivity index (χ0) is 9.56. The number of hydroxylamine groups is 2. The highest BCUT2D eigenvalue weighted by atomic mass is 16.7. The van der Waals surface area contributed by atoms with Crippen LogP contribution in [-0.2, 0) is 9.68 Å². The summed E-state index contributed by atoms with van der Waals surface area (Å²) in [4.78, 5) is 7.91. The van der Waals surface area contributed by atoms with Crippen LogP contribution in [0.15, 0.2) is 23.0 Å². The van der Waals surface area contributed by atoms with Crippen molar-refractivity contribution in [2.24, 2.45) is 10.6 Å². The van der Waals surface area contributed by atoms with Crippen molar-refractivity contribution in [3.05, 3.63) is 22.8 Å². The van der Waals surface area contributed by atoms with Crippen molar-refractivity contribution in [2.45, 2.75) is 0 Å². The summed E-state index contributed by atoms with van der Waals surface area (Å²) >= 11 is 0. The smallest absolute Gasteiger partial charge is 0.516 e. The molecule has 0 rings (SSSR count). The van der Waals surface area contributed by atoms with E-state index in [2.05, 4.69) is 26.8 Å². The van der Waals surface area contributed by atoms with Crippen LogP contribution in [0.4, 0.5) is 0 Å². The van der Waals surface area contributed by atoms with Gasteiger partial charge in [0.15, 0.2) is 0 Å². The largest absolute Gasteiger partial charge is 0.587 e. The van der Waals surface area contributed by atoms with E-state index in [0.717, 1.165) is 14.2 Å². The molecule has 0 aliphatic carbocycles. The second-order valence-corrected chi connectivity index (χ2v) is 1.49. The van der Waals surface area contributed by atoms with Gasteiger partial charge in [0.2, 0.25) is 10.6 Å². The van der Waals surface area contributed by atoms with Gasteiger partial charge in [-0.2, -0.15) is 0 Å². The van der Waals surface area contributed by atoms with Crippen molar-refractivity contribution < 1.29 is 19.4 Å². The predicted octanol–water partition coefficient (Wildman–Crippen LogP) is 0.505. The Balaban J connectivity index is 4.39. The van der Waals surface area contributed by atoms with E-state index < -0.39 is 5.82 Å². The van der Waals surface area contributed by atoms with Crippen molar-refractivity contribution in [3.8, 4) is 0 Å². The highest BCUT2D eigenvalue weighted by Crippen LogP contribution is 1.95. The van der Waals surface area contributed by atoms with E-state index in [4.69, 9.17) is 0 Å². The van der Waals surface area contributed by atoms with Gasteiger partial charge in [-0.25, -0.2) is 0 Å². The summed E-state index contributed by atoms with van der Waals surface area (Å²) in [6.07, 6.45) is 0. The van der Waals surface area contributed by atoms with Gasteiger partial charge < -0.3 is 20.1 Å². The zero-order valence-corrected chi connectivity index (χ0v) is 6.63. The zero-order valence-electron chi connectivity index (χ0n) is 6.63. The highest BCUT2D eigenvalue weighted by molar-refractivity contribution is 4.60. The Kier molecular flexibility index (Phi) is 4.12. The van der Waals surface area contributed by atoms with E-state index in [1.807, 2.05) is 0 Å². The van der Waals surface area contributed by atoms with Crippen LogP contribution in [0, 0.1) is 10.4 Å². The molecule has 0 saturated heterocycles. The molecule has 0 amide bonds. The van der Waals surface area contributed by atoms with Gasteiger partial charge in [0, 0.05) is 0 Å². The van der Waals surface area contributed by atoms with Crippen LogP contribution < -0.4 is 0 Å². The average Bonchev–Trinajstić information content (AvgIpc) is 2.04. The molecule has 0 aromatic heterocycles. The first-order valence-electron chi connectivity index (χ1n) is 2.75. The highest BCUT2D eigenvalue weighted by Gasteiger charge is 2.17.